The van der Waals surface area contributed by atoms with Gasteiger partial charge in [0.1, 0.15) is 5.21 Å². The first-order valence-electron chi connectivity index (χ1n) is 1.42. The molecule has 0 aromatic rings. The maximum absolute atomic E-state index is 10.1. The van der Waals surface area contributed by atoms with Crippen molar-refractivity contribution in [2.24, 2.45) is 3.77 Å². The molecule has 0 fully saturated rings. The highest BCUT2D eigenvalue weighted by molar-refractivity contribution is 7.94. The minimum Gasteiger partial charge on any atom is -0.202 e. The number of hydrogen-bond donors (Lipinski definition) is 0. The van der Waals surface area contributed by atoms with Gasteiger partial charge in [-0.15, -0.1) is 11.6 Å². The van der Waals surface area contributed by atoms with E-state index in [2.05, 4.69) is 3.77 Å². The molecule has 0 saturated heterocycles. The van der Waals surface area contributed by atoms with E-state index in [0.29, 0.717) is 0 Å². The van der Waals surface area contributed by atoms with Gasteiger partial charge in [-0.25, -0.2) is 8.42 Å². The van der Waals surface area contributed by atoms with E-state index in [-0.39, 0.29) is 11.5 Å². The molecule has 0 aromatic carbocycles. The molecule has 0 saturated carbocycles. The van der Waals surface area contributed by atoms with Gasteiger partial charge in [-0.05, 0) is 0 Å². The van der Waals surface area contributed by atoms with Crippen molar-refractivity contribution in [2.75, 3.05) is 5.21 Å². The van der Waals surface area contributed by atoms with Crippen LogP contribution in [0.1, 0.15) is 0 Å². The summed E-state index contributed by atoms with van der Waals surface area (Å²) in [5.41, 5.74) is 0. The number of nitrogens with zero attached hydrogens (tertiary/aromatic N) is 1. The lowest BCUT2D eigenvalue weighted by Gasteiger charge is -1.79. The zero-order chi connectivity index (χ0) is 6.62. The molecule has 0 aliphatic rings. The molecule has 0 aliphatic heterocycles. The van der Waals surface area contributed by atoms with Crippen molar-refractivity contribution in [1.82, 2.24) is 0 Å². The Morgan fingerprint density at radius 2 is 2.12 bits per heavy atom. The van der Waals surface area contributed by atoms with Crippen LogP contribution in [0.3, 0.4) is 0 Å². The van der Waals surface area contributed by atoms with Crippen molar-refractivity contribution < 1.29 is 12.6 Å². The third-order valence-corrected chi connectivity index (χ3v) is 2.54. The number of sulfonamides is 1. The zero-order valence-electron chi connectivity index (χ0n) is 3.57. The van der Waals surface area contributed by atoms with Crippen LogP contribution in [-0.4, -0.2) is 17.8 Å². The topological polar surface area (TPSA) is 63.6 Å². The van der Waals surface area contributed by atoms with Crippen molar-refractivity contribution in [3.05, 3.63) is 0 Å². The van der Waals surface area contributed by atoms with Gasteiger partial charge in [-0.3, -0.25) is 0 Å². The molecular weight excluding hydrogens is 174 g/mol. The molecule has 0 aromatic heterocycles. The molecule has 0 bridgehead atoms. The van der Waals surface area contributed by atoms with E-state index in [0.717, 1.165) is 0 Å². The largest absolute Gasteiger partial charge is 0.279 e. The molecule has 4 nitrogen and oxygen atoms in total. The minimum atomic E-state index is -3.63. The summed E-state index contributed by atoms with van der Waals surface area (Å²) in [7, 11) is -3.63. The lowest BCUT2D eigenvalue weighted by atomic mass is 11.9. The molecule has 0 aliphatic carbocycles. The Bertz CT molecular complexity index is 201. The summed E-state index contributed by atoms with van der Waals surface area (Å²) >= 11 is 4.47. The van der Waals surface area contributed by atoms with Crippen molar-refractivity contribution >= 4 is 33.1 Å². The second-order valence-electron chi connectivity index (χ2n) is 0.840. The zero-order valence-corrected chi connectivity index (χ0v) is 5.96. The van der Waals surface area contributed by atoms with Crippen LogP contribution >= 0.6 is 11.6 Å². The van der Waals surface area contributed by atoms with Crippen molar-refractivity contribution in [2.45, 2.75) is 0 Å². The third-order valence-electron chi connectivity index (χ3n) is 0.282. The first-order chi connectivity index (χ1) is 3.62. The highest BCUT2D eigenvalue weighted by Gasteiger charge is 2.02. The minimum absolute atomic E-state index is 0.364. The molecule has 0 atom stereocenters. The monoisotopic (exact) mass is 175 g/mol. The Morgan fingerprint density at radius 1 is 1.62 bits per heavy atom. The van der Waals surface area contributed by atoms with Gasteiger partial charge in [-0.1, -0.05) is 3.77 Å². The third kappa shape index (κ3) is 3.11. The predicted octanol–water partition coefficient (Wildman–Crippen LogP) is -0.0909. The molecular formula is CH2ClNO3S2. The van der Waals surface area contributed by atoms with E-state index >= 15 is 0 Å². The summed E-state index contributed by atoms with van der Waals surface area (Å²) in [5.74, 6) is 0. The smallest absolute Gasteiger partial charge is 0.202 e. The number of hydrogen-bond acceptors (Lipinski definition) is 3. The van der Waals surface area contributed by atoms with E-state index in [1.165, 1.54) is 0 Å². The Balaban J connectivity index is 4.41. The number of halogens is 1. The van der Waals surface area contributed by atoms with Crippen LogP contribution in [-0.2, 0) is 21.5 Å². The lowest BCUT2D eigenvalue weighted by molar-refractivity contribution is 0.602. The van der Waals surface area contributed by atoms with E-state index < -0.39 is 15.2 Å². The number of rotatable bonds is 2. The van der Waals surface area contributed by atoms with Crippen LogP contribution in [0.2, 0.25) is 0 Å². The molecule has 0 amide bonds. The predicted molar refractivity (Wildman–Crippen MR) is 30.2 cm³/mol. The van der Waals surface area contributed by atoms with E-state index in [4.69, 9.17) is 11.6 Å². The van der Waals surface area contributed by atoms with Crippen LogP contribution in [0.4, 0.5) is 0 Å². The molecule has 0 heterocycles. The second-order valence-corrected chi connectivity index (χ2v) is 3.62. The van der Waals surface area contributed by atoms with Gasteiger partial charge in [0.25, 0.3) is 10.0 Å². The van der Waals surface area contributed by atoms with Gasteiger partial charge in [0.15, 0.2) is 0 Å². The summed E-state index contributed by atoms with van der Waals surface area (Å²) < 4.78 is 32.2. The Morgan fingerprint density at radius 3 is 2.25 bits per heavy atom. The van der Waals surface area contributed by atoms with Crippen molar-refractivity contribution in [1.29, 1.82) is 0 Å². The van der Waals surface area contributed by atoms with Gasteiger partial charge >= 0.3 is 0 Å². The maximum Gasteiger partial charge on any atom is 0.279 e. The molecule has 0 unspecified atom stereocenters. The standard InChI is InChI=1S/CH2ClNO3S2/c2-1-8(5,6)3-7-4/h1H2. The van der Waals surface area contributed by atoms with Crippen LogP contribution in [0.5, 0.6) is 0 Å². The highest BCUT2D eigenvalue weighted by atomic mass is 35.5. The lowest BCUT2D eigenvalue weighted by Crippen LogP contribution is -1.93. The maximum atomic E-state index is 10.1. The van der Waals surface area contributed by atoms with E-state index in [1.807, 2.05) is 0 Å². The summed E-state index contributed by atoms with van der Waals surface area (Å²) in [6.07, 6.45) is 0. The summed E-state index contributed by atoms with van der Waals surface area (Å²) in [6, 6.07) is 0. The summed E-state index contributed by atoms with van der Waals surface area (Å²) in [5, 5.41) is -0.637. The highest BCUT2D eigenvalue weighted by Crippen LogP contribution is 1.91. The second kappa shape index (κ2) is 3.16. The van der Waals surface area contributed by atoms with Gasteiger partial charge < -0.3 is 0 Å². The normalized spacial score (nSPS) is 10.6. The van der Waals surface area contributed by atoms with Crippen LogP contribution < -0.4 is 0 Å². The van der Waals surface area contributed by atoms with E-state index in [1.54, 1.807) is 0 Å². The number of alkyl halides is 1. The molecule has 0 radical (unpaired) electrons. The fourth-order valence-electron chi connectivity index (χ4n) is 0.0663. The Labute approximate surface area is 55.1 Å². The first kappa shape index (κ1) is 8.06. The average molecular weight is 176 g/mol. The van der Waals surface area contributed by atoms with Crippen LogP contribution in [0.25, 0.3) is 0 Å². The van der Waals surface area contributed by atoms with Gasteiger partial charge in [0, 0.05) is 0 Å². The van der Waals surface area contributed by atoms with Crippen molar-refractivity contribution in [3.8, 4) is 0 Å². The van der Waals surface area contributed by atoms with Crippen LogP contribution in [0, 0.1) is 0 Å². The molecule has 48 valence electrons. The Hall–Kier alpha value is 0.0600. The van der Waals surface area contributed by atoms with E-state index in [9.17, 15) is 12.6 Å². The molecule has 0 N–H and O–H groups in total. The Kier molecular flexibility index (Phi) is 3.18. The quantitative estimate of drug-likeness (QED) is 0.551. The first-order valence-corrected chi connectivity index (χ1v) is 4.26. The van der Waals surface area contributed by atoms with Gasteiger partial charge in [-0.2, -0.15) is 4.21 Å². The van der Waals surface area contributed by atoms with Crippen LogP contribution in [0.15, 0.2) is 3.77 Å². The van der Waals surface area contributed by atoms with Gasteiger partial charge in [0.05, 0.1) is 0 Å². The average Bonchev–Trinajstić information content (AvgIpc) is 1.67. The van der Waals surface area contributed by atoms with Crippen molar-refractivity contribution in [3.63, 3.8) is 0 Å². The summed E-state index contributed by atoms with van der Waals surface area (Å²) in [4.78, 5) is 0. The summed E-state index contributed by atoms with van der Waals surface area (Å²) in [6.45, 7) is 0. The molecule has 8 heavy (non-hydrogen) atoms. The molecule has 0 rings (SSSR count). The fraction of sp³-hybridized carbons (Fsp3) is 1.00. The SMILES string of the molecule is O=S=NS(=O)(=O)CCl. The van der Waals surface area contributed by atoms with Gasteiger partial charge in [0.2, 0.25) is 11.5 Å². The molecule has 0 spiro atoms. The fourth-order valence-corrected chi connectivity index (χ4v) is 0.955. The molecule has 7 heteroatoms.